The molecule has 0 aliphatic heterocycles. The summed E-state index contributed by atoms with van der Waals surface area (Å²) >= 11 is 1.29. The van der Waals surface area contributed by atoms with Crippen molar-refractivity contribution < 1.29 is 13.2 Å². The standard InChI is InChI=1S/C11H8F3N7S/c1-22-10-18-8(15)21-9(19-10)17-7(20-21)5-2-3-6(16-4-5)11(12,13)14/h2-4H,1H3,(H2,15,17,18,19,20). The summed E-state index contributed by atoms with van der Waals surface area (Å²) in [5.41, 5.74) is 5.08. The van der Waals surface area contributed by atoms with Crippen molar-refractivity contribution in [2.75, 3.05) is 12.0 Å². The van der Waals surface area contributed by atoms with Gasteiger partial charge in [-0.25, -0.2) is 0 Å². The molecule has 0 spiro atoms. The highest BCUT2D eigenvalue weighted by Crippen LogP contribution is 2.28. The summed E-state index contributed by atoms with van der Waals surface area (Å²) in [5.74, 6) is 0.472. The minimum Gasteiger partial charge on any atom is -0.368 e. The van der Waals surface area contributed by atoms with Crippen LogP contribution in [0.5, 0.6) is 0 Å². The Morgan fingerprint density at radius 1 is 1.18 bits per heavy atom. The third kappa shape index (κ3) is 2.54. The molecule has 7 nitrogen and oxygen atoms in total. The second-order valence-electron chi connectivity index (χ2n) is 4.15. The smallest absolute Gasteiger partial charge is 0.368 e. The lowest BCUT2D eigenvalue weighted by molar-refractivity contribution is -0.141. The Hall–Kier alpha value is -2.43. The zero-order chi connectivity index (χ0) is 15.9. The zero-order valence-electron chi connectivity index (χ0n) is 11.0. The SMILES string of the molecule is CSc1nc(N)n2nc(-c3ccc(C(F)(F)F)nc3)nc2n1. The number of nitrogens with two attached hydrogens (primary N) is 1. The van der Waals surface area contributed by atoms with Crippen LogP contribution in [-0.4, -0.2) is 35.8 Å². The fraction of sp³-hybridized carbons (Fsp3) is 0.182. The van der Waals surface area contributed by atoms with Crippen LogP contribution in [0.1, 0.15) is 5.69 Å². The summed E-state index contributed by atoms with van der Waals surface area (Å²) in [6.07, 6.45) is -1.66. The molecule has 0 aliphatic rings. The maximum absolute atomic E-state index is 12.5. The topological polar surface area (TPSA) is 94.9 Å². The van der Waals surface area contributed by atoms with E-state index in [1.165, 1.54) is 22.3 Å². The first kappa shape index (κ1) is 14.5. The van der Waals surface area contributed by atoms with Gasteiger partial charge in [0.2, 0.25) is 5.95 Å². The molecule has 0 amide bonds. The van der Waals surface area contributed by atoms with Crippen LogP contribution in [0.2, 0.25) is 0 Å². The largest absolute Gasteiger partial charge is 0.433 e. The van der Waals surface area contributed by atoms with Gasteiger partial charge in [-0.05, 0) is 18.4 Å². The maximum Gasteiger partial charge on any atom is 0.433 e. The molecule has 22 heavy (non-hydrogen) atoms. The highest BCUT2D eigenvalue weighted by Gasteiger charge is 2.32. The Balaban J connectivity index is 2.05. The van der Waals surface area contributed by atoms with Gasteiger partial charge in [-0.1, -0.05) is 11.8 Å². The number of nitrogens with zero attached hydrogens (tertiary/aromatic N) is 6. The monoisotopic (exact) mass is 327 g/mol. The molecule has 0 fully saturated rings. The molecule has 11 heteroatoms. The minimum atomic E-state index is -4.49. The van der Waals surface area contributed by atoms with Gasteiger partial charge in [0.05, 0.1) is 0 Å². The van der Waals surface area contributed by atoms with Crippen molar-refractivity contribution in [2.45, 2.75) is 11.3 Å². The first-order valence-electron chi connectivity index (χ1n) is 5.86. The summed E-state index contributed by atoms with van der Waals surface area (Å²) in [6, 6.07) is 2.10. The van der Waals surface area contributed by atoms with Crippen LogP contribution < -0.4 is 5.73 Å². The van der Waals surface area contributed by atoms with Crippen LogP contribution in [0, 0.1) is 0 Å². The molecule has 0 saturated carbocycles. The first-order chi connectivity index (χ1) is 10.4. The van der Waals surface area contributed by atoms with Gasteiger partial charge in [0.1, 0.15) is 5.69 Å². The van der Waals surface area contributed by atoms with E-state index in [4.69, 9.17) is 5.73 Å². The number of aromatic nitrogens is 6. The van der Waals surface area contributed by atoms with Crippen LogP contribution in [0.3, 0.4) is 0 Å². The number of rotatable bonds is 2. The van der Waals surface area contributed by atoms with E-state index >= 15 is 0 Å². The molecule has 114 valence electrons. The highest BCUT2D eigenvalue weighted by atomic mass is 32.2. The zero-order valence-corrected chi connectivity index (χ0v) is 11.9. The summed E-state index contributed by atoms with van der Waals surface area (Å²) in [5, 5.41) is 4.50. The van der Waals surface area contributed by atoms with Gasteiger partial charge in [0.15, 0.2) is 11.0 Å². The molecule has 0 radical (unpaired) electrons. The highest BCUT2D eigenvalue weighted by molar-refractivity contribution is 7.98. The number of pyridine rings is 1. The summed E-state index contributed by atoms with van der Waals surface area (Å²) in [7, 11) is 0. The average Bonchev–Trinajstić information content (AvgIpc) is 2.91. The molecule has 3 aromatic heterocycles. The van der Waals surface area contributed by atoms with Gasteiger partial charge >= 0.3 is 6.18 Å². The van der Waals surface area contributed by atoms with Gasteiger partial charge in [-0.15, -0.1) is 5.10 Å². The quantitative estimate of drug-likeness (QED) is 0.718. The number of hydrogen-bond acceptors (Lipinski definition) is 7. The van der Waals surface area contributed by atoms with Crippen molar-refractivity contribution in [1.29, 1.82) is 0 Å². The van der Waals surface area contributed by atoms with E-state index in [0.717, 1.165) is 12.3 Å². The van der Waals surface area contributed by atoms with E-state index in [1.807, 2.05) is 0 Å². The molecule has 2 N–H and O–H groups in total. The number of anilines is 1. The van der Waals surface area contributed by atoms with E-state index in [2.05, 4.69) is 25.0 Å². The number of alkyl halides is 3. The van der Waals surface area contributed by atoms with E-state index < -0.39 is 11.9 Å². The normalized spacial score (nSPS) is 12.0. The molecule has 0 saturated heterocycles. The fourth-order valence-corrected chi connectivity index (χ4v) is 2.05. The van der Waals surface area contributed by atoms with Crippen LogP contribution in [0.25, 0.3) is 17.2 Å². The van der Waals surface area contributed by atoms with Crippen LogP contribution in [0.4, 0.5) is 19.1 Å². The van der Waals surface area contributed by atoms with Gasteiger partial charge in [0, 0.05) is 11.8 Å². The number of halogens is 3. The predicted octanol–water partition coefficient (Wildman–Crippen LogP) is 1.90. The van der Waals surface area contributed by atoms with Crippen molar-refractivity contribution in [2.24, 2.45) is 0 Å². The summed E-state index contributed by atoms with van der Waals surface area (Å²) in [6.45, 7) is 0. The van der Waals surface area contributed by atoms with Crippen molar-refractivity contribution in [3.05, 3.63) is 24.0 Å². The fourth-order valence-electron chi connectivity index (χ4n) is 1.69. The third-order valence-electron chi connectivity index (χ3n) is 2.71. The second kappa shape index (κ2) is 5.09. The second-order valence-corrected chi connectivity index (χ2v) is 4.92. The average molecular weight is 327 g/mol. The minimum absolute atomic E-state index is 0.0907. The first-order valence-corrected chi connectivity index (χ1v) is 7.09. The lowest BCUT2D eigenvalue weighted by atomic mass is 10.2. The number of fused-ring (bicyclic) bond motifs is 1. The predicted molar refractivity (Wildman–Crippen MR) is 73.0 cm³/mol. The van der Waals surface area contributed by atoms with Gasteiger partial charge < -0.3 is 5.73 Å². The molecule has 0 atom stereocenters. The van der Waals surface area contributed by atoms with E-state index in [9.17, 15) is 13.2 Å². The Bertz CT molecular complexity index is 828. The van der Waals surface area contributed by atoms with Crippen molar-refractivity contribution in [1.82, 2.24) is 29.5 Å². The number of nitrogen functional groups attached to an aromatic ring is 1. The molecular formula is C11H8F3N7S. The molecule has 0 aromatic carbocycles. The van der Waals surface area contributed by atoms with Crippen LogP contribution in [-0.2, 0) is 6.18 Å². The van der Waals surface area contributed by atoms with Gasteiger partial charge in [-0.2, -0.15) is 32.6 Å². The van der Waals surface area contributed by atoms with Crippen LogP contribution in [0.15, 0.2) is 23.5 Å². The number of thioether (sulfide) groups is 1. The lowest BCUT2D eigenvalue weighted by Crippen LogP contribution is -2.07. The number of hydrogen-bond donors (Lipinski definition) is 1. The lowest BCUT2D eigenvalue weighted by Gasteiger charge is -2.04. The summed E-state index contributed by atoms with van der Waals surface area (Å²) in [4.78, 5) is 15.6. The Kier molecular flexibility index (Phi) is 3.35. The Labute approximate surface area is 125 Å². The van der Waals surface area contributed by atoms with E-state index in [1.54, 1.807) is 6.26 Å². The van der Waals surface area contributed by atoms with Crippen molar-refractivity contribution in [3.63, 3.8) is 0 Å². The van der Waals surface area contributed by atoms with Crippen LogP contribution >= 0.6 is 11.8 Å². The van der Waals surface area contributed by atoms with Gasteiger partial charge in [0.25, 0.3) is 5.78 Å². The van der Waals surface area contributed by atoms with Gasteiger partial charge in [-0.3, -0.25) is 4.98 Å². The Morgan fingerprint density at radius 3 is 2.55 bits per heavy atom. The van der Waals surface area contributed by atoms with E-state index in [0.29, 0.717) is 10.7 Å². The molecule has 0 unspecified atom stereocenters. The molecule has 3 rings (SSSR count). The summed E-state index contributed by atoms with van der Waals surface area (Å²) < 4.78 is 38.7. The molecule has 3 heterocycles. The Morgan fingerprint density at radius 2 is 1.95 bits per heavy atom. The molecular weight excluding hydrogens is 319 g/mol. The molecule has 3 aromatic rings. The molecule has 0 aliphatic carbocycles. The molecule has 0 bridgehead atoms. The van der Waals surface area contributed by atoms with E-state index in [-0.39, 0.29) is 17.6 Å². The van der Waals surface area contributed by atoms with Crippen molar-refractivity contribution in [3.8, 4) is 11.4 Å². The maximum atomic E-state index is 12.5. The third-order valence-corrected chi connectivity index (χ3v) is 3.26. The van der Waals surface area contributed by atoms with Crippen molar-refractivity contribution >= 4 is 23.5 Å².